The van der Waals surface area contributed by atoms with Crippen LogP contribution in [0.5, 0.6) is 11.5 Å². The fourth-order valence-corrected chi connectivity index (χ4v) is 4.30. The van der Waals surface area contributed by atoms with Crippen LogP contribution >= 0.6 is 0 Å². The lowest BCUT2D eigenvalue weighted by molar-refractivity contribution is 0.00158. The molecular weight excluding hydrogens is 354 g/mol. The van der Waals surface area contributed by atoms with Gasteiger partial charge >= 0.3 is 0 Å². The molecule has 0 bridgehead atoms. The van der Waals surface area contributed by atoms with E-state index in [1.54, 1.807) is 26.2 Å². The van der Waals surface area contributed by atoms with E-state index in [1.165, 1.54) is 0 Å². The van der Waals surface area contributed by atoms with Gasteiger partial charge in [-0.2, -0.15) is 0 Å². The molecule has 0 fully saturated rings. The van der Waals surface area contributed by atoms with Crippen LogP contribution in [-0.2, 0) is 18.8 Å². The van der Waals surface area contributed by atoms with Gasteiger partial charge in [-0.25, -0.2) is 0 Å². The summed E-state index contributed by atoms with van der Waals surface area (Å²) in [6.45, 7) is 3.71. The van der Waals surface area contributed by atoms with E-state index in [0.717, 1.165) is 34.1 Å². The standard InChI is InChI=1S/C23H25NO4/c1-13-8-16-5-4-15(11-19(16)23(2,27)24-13)17-6-7-20(26)22-18(17)9-14(12-25)10-21(22)28-3/h4-7,9-11,13,24-27H,8,12H2,1-3H3. The van der Waals surface area contributed by atoms with Gasteiger partial charge in [0.2, 0.25) is 0 Å². The van der Waals surface area contributed by atoms with Crippen LogP contribution < -0.4 is 10.1 Å². The van der Waals surface area contributed by atoms with Crippen LogP contribution in [0.15, 0.2) is 42.5 Å². The first-order valence-corrected chi connectivity index (χ1v) is 9.41. The molecular formula is C23H25NO4. The molecule has 0 saturated carbocycles. The van der Waals surface area contributed by atoms with E-state index in [-0.39, 0.29) is 18.4 Å². The maximum absolute atomic E-state index is 10.9. The predicted octanol–water partition coefficient (Wildman–Crippen LogP) is 3.41. The van der Waals surface area contributed by atoms with Crippen molar-refractivity contribution in [2.45, 2.75) is 38.6 Å². The van der Waals surface area contributed by atoms with Crippen molar-refractivity contribution in [1.29, 1.82) is 0 Å². The quantitative estimate of drug-likeness (QED) is 0.561. The Hall–Kier alpha value is -2.60. The Bertz CT molecular complexity index is 1060. The Morgan fingerprint density at radius 2 is 1.96 bits per heavy atom. The molecule has 4 N–H and O–H groups in total. The maximum atomic E-state index is 10.9. The van der Waals surface area contributed by atoms with E-state index < -0.39 is 5.72 Å². The number of hydrogen-bond acceptors (Lipinski definition) is 5. The SMILES string of the molecule is COc1cc(CO)cc2c(-c3ccc4c(c3)C(C)(O)NC(C)C4)ccc(O)c12. The molecule has 3 aromatic rings. The second-order valence-electron chi connectivity index (χ2n) is 7.70. The molecule has 0 radical (unpaired) electrons. The van der Waals surface area contributed by atoms with Crippen molar-refractivity contribution in [1.82, 2.24) is 5.32 Å². The molecule has 28 heavy (non-hydrogen) atoms. The first kappa shape index (κ1) is 18.7. The molecule has 5 heteroatoms. The Morgan fingerprint density at radius 3 is 2.68 bits per heavy atom. The number of hydrogen-bond donors (Lipinski definition) is 4. The van der Waals surface area contributed by atoms with Gasteiger partial charge in [-0.05, 0) is 72.2 Å². The summed E-state index contributed by atoms with van der Waals surface area (Å²) in [5.74, 6) is 0.641. The van der Waals surface area contributed by atoms with Gasteiger partial charge in [0, 0.05) is 11.6 Å². The van der Waals surface area contributed by atoms with Gasteiger partial charge in [-0.1, -0.05) is 18.2 Å². The Morgan fingerprint density at radius 1 is 1.18 bits per heavy atom. The van der Waals surface area contributed by atoms with Crippen LogP contribution in [0.25, 0.3) is 21.9 Å². The van der Waals surface area contributed by atoms with E-state index in [4.69, 9.17) is 4.74 Å². The molecule has 1 aliphatic rings. The van der Waals surface area contributed by atoms with Crippen LogP contribution in [0.3, 0.4) is 0 Å². The third kappa shape index (κ3) is 3.02. The molecule has 0 aliphatic carbocycles. The molecule has 5 nitrogen and oxygen atoms in total. The van der Waals surface area contributed by atoms with Gasteiger partial charge < -0.3 is 20.1 Å². The largest absolute Gasteiger partial charge is 0.507 e. The van der Waals surface area contributed by atoms with Crippen LogP contribution in [-0.4, -0.2) is 28.5 Å². The third-order valence-corrected chi connectivity index (χ3v) is 5.52. The highest BCUT2D eigenvalue weighted by molar-refractivity contribution is 6.03. The average molecular weight is 379 g/mol. The molecule has 1 aliphatic heterocycles. The van der Waals surface area contributed by atoms with E-state index in [9.17, 15) is 15.3 Å². The summed E-state index contributed by atoms with van der Waals surface area (Å²) in [6, 6.07) is 13.4. The van der Waals surface area contributed by atoms with Crippen LogP contribution in [0, 0.1) is 0 Å². The molecule has 4 rings (SSSR count). The van der Waals surface area contributed by atoms with Crippen molar-refractivity contribution >= 4 is 10.8 Å². The van der Waals surface area contributed by atoms with Gasteiger partial charge in [0.05, 0.1) is 19.1 Å². The van der Waals surface area contributed by atoms with Crippen molar-refractivity contribution in [3.05, 3.63) is 59.2 Å². The minimum absolute atomic E-state index is 0.123. The molecule has 146 valence electrons. The Labute approximate surface area is 164 Å². The second-order valence-corrected chi connectivity index (χ2v) is 7.70. The van der Waals surface area contributed by atoms with Crippen LogP contribution in [0.4, 0.5) is 0 Å². The number of benzene rings is 3. The van der Waals surface area contributed by atoms with Gasteiger partial charge in [-0.3, -0.25) is 5.32 Å². The molecule has 3 aromatic carbocycles. The topological polar surface area (TPSA) is 82.0 Å². The summed E-state index contributed by atoms with van der Waals surface area (Å²) in [4.78, 5) is 0. The summed E-state index contributed by atoms with van der Waals surface area (Å²) in [7, 11) is 1.55. The molecule has 0 saturated heterocycles. The first-order chi connectivity index (χ1) is 13.3. The highest BCUT2D eigenvalue weighted by atomic mass is 16.5. The normalized spacial score (nSPS) is 21.5. The van der Waals surface area contributed by atoms with Gasteiger partial charge in [0.15, 0.2) is 0 Å². The molecule has 1 heterocycles. The second kappa shape index (κ2) is 6.78. The highest BCUT2D eigenvalue weighted by Gasteiger charge is 2.32. The lowest BCUT2D eigenvalue weighted by Crippen LogP contribution is -2.49. The predicted molar refractivity (Wildman–Crippen MR) is 109 cm³/mol. The minimum Gasteiger partial charge on any atom is -0.507 e. The van der Waals surface area contributed by atoms with Crippen molar-refractivity contribution in [3.8, 4) is 22.6 Å². The minimum atomic E-state index is -1.11. The molecule has 2 atom stereocenters. The van der Waals surface area contributed by atoms with E-state index in [2.05, 4.69) is 18.3 Å². The Balaban J connectivity index is 1.97. The Kier molecular flexibility index (Phi) is 4.54. The fraction of sp³-hybridized carbons (Fsp3) is 0.304. The number of phenolic OH excluding ortho intramolecular Hbond substituents is 1. The molecule has 0 spiro atoms. The van der Waals surface area contributed by atoms with Gasteiger partial charge in [0.1, 0.15) is 17.2 Å². The van der Waals surface area contributed by atoms with Crippen molar-refractivity contribution < 1.29 is 20.1 Å². The monoisotopic (exact) mass is 379 g/mol. The van der Waals surface area contributed by atoms with Crippen molar-refractivity contribution in [2.24, 2.45) is 0 Å². The van der Waals surface area contributed by atoms with Gasteiger partial charge in [0.25, 0.3) is 0 Å². The zero-order valence-electron chi connectivity index (χ0n) is 16.3. The highest BCUT2D eigenvalue weighted by Crippen LogP contribution is 2.41. The maximum Gasteiger partial charge on any atom is 0.139 e. The van der Waals surface area contributed by atoms with Crippen LogP contribution in [0.2, 0.25) is 0 Å². The lowest BCUT2D eigenvalue weighted by Gasteiger charge is -2.36. The first-order valence-electron chi connectivity index (χ1n) is 9.41. The third-order valence-electron chi connectivity index (χ3n) is 5.52. The van der Waals surface area contributed by atoms with Gasteiger partial charge in [-0.15, -0.1) is 0 Å². The zero-order chi connectivity index (χ0) is 20.1. The number of ether oxygens (including phenoxy) is 1. The lowest BCUT2D eigenvalue weighted by atomic mass is 9.85. The number of aromatic hydroxyl groups is 1. The van der Waals surface area contributed by atoms with Crippen molar-refractivity contribution in [3.63, 3.8) is 0 Å². The smallest absolute Gasteiger partial charge is 0.139 e. The number of rotatable bonds is 3. The van der Waals surface area contributed by atoms with Crippen LogP contribution in [0.1, 0.15) is 30.5 Å². The molecule has 0 amide bonds. The average Bonchev–Trinajstić information content (AvgIpc) is 2.66. The van der Waals surface area contributed by atoms with Crippen molar-refractivity contribution in [2.75, 3.05) is 7.11 Å². The summed E-state index contributed by atoms with van der Waals surface area (Å²) >= 11 is 0. The summed E-state index contributed by atoms with van der Waals surface area (Å²) in [6.07, 6.45) is 0.852. The number of nitrogens with one attached hydrogen (secondary N) is 1. The number of phenols is 1. The summed E-state index contributed by atoms with van der Waals surface area (Å²) in [5, 5.41) is 35.6. The van der Waals surface area contributed by atoms with E-state index in [1.807, 2.05) is 24.3 Å². The summed E-state index contributed by atoms with van der Waals surface area (Å²) < 4.78 is 5.46. The number of aliphatic hydroxyl groups is 2. The molecule has 0 aromatic heterocycles. The van der Waals surface area contributed by atoms with E-state index >= 15 is 0 Å². The number of aliphatic hydroxyl groups excluding tert-OH is 1. The number of fused-ring (bicyclic) bond motifs is 2. The summed E-state index contributed by atoms with van der Waals surface area (Å²) in [5.41, 5.74) is 3.41. The molecule has 2 unspecified atom stereocenters. The fourth-order valence-electron chi connectivity index (χ4n) is 4.30. The van der Waals surface area contributed by atoms with E-state index in [0.29, 0.717) is 16.7 Å². The zero-order valence-corrected chi connectivity index (χ0v) is 16.3. The number of methoxy groups -OCH3 is 1.